The van der Waals surface area contributed by atoms with Crippen LogP contribution in [-0.2, 0) is 0 Å². The first-order valence-electron chi connectivity index (χ1n) is 6.25. The molecule has 1 N–H and O–H groups in total. The van der Waals surface area contributed by atoms with Gasteiger partial charge in [0.15, 0.2) is 11.5 Å². The fourth-order valence-electron chi connectivity index (χ4n) is 2.38. The Labute approximate surface area is 124 Å². The molecule has 7 heteroatoms. The molecule has 3 heterocycles. The highest BCUT2D eigenvalue weighted by molar-refractivity contribution is 9.10. The molecule has 104 valence electrons. The molecule has 3 rings (SSSR count). The summed E-state index contributed by atoms with van der Waals surface area (Å²) in [5, 5.41) is 7.35. The van der Waals surface area contributed by atoms with Gasteiger partial charge in [0.05, 0.1) is 11.7 Å². The Morgan fingerprint density at radius 2 is 2.20 bits per heavy atom. The Morgan fingerprint density at radius 3 is 2.90 bits per heavy atom. The van der Waals surface area contributed by atoms with E-state index in [1.54, 1.807) is 6.20 Å². The van der Waals surface area contributed by atoms with E-state index in [4.69, 9.17) is 4.52 Å². The van der Waals surface area contributed by atoms with Gasteiger partial charge in [0.25, 0.3) is 0 Å². The van der Waals surface area contributed by atoms with Gasteiger partial charge in [-0.15, -0.1) is 0 Å². The van der Waals surface area contributed by atoms with Gasteiger partial charge in [-0.1, -0.05) is 5.16 Å². The summed E-state index contributed by atoms with van der Waals surface area (Å²) in [6, 6.07) is 0.0311. The van der Waals surface area contributed by atoms with Gasteiger partial charge < -0.3 is 14.2 Å². The zero-order valence-corrected chi connectivity index (χ0v) is 13.0. The smallest absolute Gasteiger partial charge is 0.180 e. The molecule has 1 unspecified atom stereocenters. The van der Waals surface area contributed by atoms with Crippen LogP contribution >= 0.6 is 15.9 Å². The number of rotatable bonds is 3. The average Bonchev–Trinajstić information content (AvgIpc) is 2.96. The standard InChI is InChI=1S/C13H14BrN5O/c1-7(11-8(2)18-20-9(11)3)16-12-13-15-4-5-19(13)6-10(14)17-12/h4-7H,1-3H3,(H,16,17). The van der Waals surface area contributed by atoms with Crippen LogP contribution in [-0.4, -0.2) is 19.5 Å². The predicted molar refractivity (Wildman–Crippen MR) is 78.7 cm³/mol. The zero-order chi connectivity index (χ0) is 14.3. The first kappa shape index (κ1) is 13.1. The third-order valence-corrected chi connectivity index (χ3v) is 3.60. The van der Waals surface area contributed by atoms with Crippen LogP contribution in [0.25, 0.3) is 5.65 Å². The molecule has 1 atom stereocenters. The summed E-state index contributed by atoms with van der Waals surface area (Å²) in [6.45, 7) is 5.89. The van der Waals surface area contributed by atoms with E-state index in [2.05, 4.69) is 43.3 Å². The Balaban J connectivity index is 1.99. The Hall–Kier alpha value is -1.89. The lowest BCUT2D eigenvalue weighted by Crippen LogP contribution is -2.11. The first-order chi connectivity index (χ1) is 9.56. The van der Waals surface area contributed by atoms with Crippen molar-refractivity contribution in [2.75, 3.05) is 5.32 Å². The van der Waals surface area contributed by atoms with E-state index < -0.39 is 0 Å². The van der Waals surface area contributed by atoms with Gasteiger partial charge in [0.2, 0.25) is 0 Å². The van der Waals surface area contributed by atoms with Gasteiger partial charge in [-0.2, -0.15) is 0 Å². The second kappa shape index (κ2) is 4.90. The van der Waals surface area contributed by atoms with E-state index in [1.807, 2.05) is 30.6 Å². The van der Waals surface area contributed by atoms with Gasteiger partial charge in [0.1, 0.15) is 10.4 Å². The Bertz CT molecular complexity index is 744. The molecule has 6 nitrogen and oxygen atoms in total. The van der Waals surface area contributed by atoms with Crippen LogP contribution in [0, 0.1) is 13.8 Å². The zero-order valence-electron chi connectivity index (χ0n) is 11.4. The number of halogens is 1. The van der Waals surface area contributed by atoms with Crippen molar-refractivity contribution in [1.29, 1.82) is 0 Å². The largest absolute Gasteiger partial charge is 0.361 e. The van der Waals surface area contributed by atoms with Gasteiger partial charge in [-0.3, -0.25) is 0 Å². The summed E-state index contributed by atoms with van der Waals surface area (Å²) in [6.07, 6.45) is 5.50. The molecule has 0 fully saturated rings. The second-order valence-corrected chi connectivity index (χ2v) is 5.49. The number of hydrogen-bond donors (Lipinski definition) is 1. The molecule has 3 aromatic heterocycles. The van der Waals surface area contributed by atoms with Crippen molar-refractivity contribution in [2.45, 2.75) is 26.8 Å². The number of hydrogen-bond acceptors (Lipinski definition) is 5. The number of aromatic nitrogens is 4. The van der Waals surface area contributed by atoms with Crippen molar-refractivity contribution in [3.05, 3.63) is 40.2 Å². The molecule has 0 aliphatic carbocycles. The first-order valence-corrected chi connectivity index (χ1v) is 7.04. The van der Waals surface area contributed by atoms with Crippen LogP contribution in [0.5, 0.6) is 0 Å². The quantitative estimate of drug-likeness (QED) is 0.795. The van der Waals surface area contributed by atoms with Crippen LogP contribution in [0.3, 0.4) is 0 Å². The van der Waals surface area contributed by atoms with Crippen LogP contribution < -0.4 is 5.32 Å². The summed E-state index contributed by atoms with van der Waals surface area (Å²) < 4.78 is 7.87. The highest BCUT2D eigenvalue weighted by Gasteiger charge is 2.18. The number of anilines is 1. The maximum Gasteiger partial charge on any atom is 0.180 e. The number of nitrogens with zero attached hydrogens (tertiary/aromatic N) is 4. The van der Waals surface area contributed by atoms with E-state index in [9.17, 15) is 0 Å². The lowest BCUT2D eigenvalue weighted by atomic mass is 10.1. The molecule has 0 bridgehead atoms. The van der Waals surface area contributed by atoms with E-state index in [1.165, 1.54) is 0 Å². The highest BCUT2D eigenvalue weighted by atomic mass is 79.9. The average molecular weight is 336 g/mol. The molecule has 0 aliphatic rings. The van der Waals surface area contributed by atoms with Crippen molar-refractivity contribution < 1.29 is 4.52 Å². The van der Waals surface area contributed by atoms with Crippen molar-refractivity contribution in [1.82, 2.24) is 19.5 Å². The van der Waals surface area contributed by atoms with Crippen LogP contribution in [0.4, 0.5) is 5.82 Å². The molecule has 3 aromatic rings. The second-order valence-electron chi connectivity index (χ2n) is 4.67. The topological polar surface area (TPSA) is 68.2 Å². The lowest BCUT2D eigenvalue weighted by molar-refractivity contribution is 0.392. The number of aryl methyl sites for hydroxylation is 2. The molecule has 0 saturated heterocycles. The van der Waals surface area contributed by atoms with Crippen molar-refractivity contribution in [2.24, 2.45) is 0 Å². The van der Waals surface area contributed by atoms with E-state index in [-0.39, 0.29) is 6.04 Å². The van der Waals surface area contributed by atoms with E-state index in [0.717, 1.165) is 33.1 Å². The summed E-state index contributed by atoms with van der Waals surface area (Å²) >= 11 is 3.40. The SMILES string of the molecule is Cc1noc(C)c1C(C)Nc1nc(Br)cn2ccnc12. The van der Waals surface area contributed by atoms with Gasteiger partial charge in [-0.25, -0.2) is 9.97 Å². The number of nitrogens with one attached hydrogen (secondary N) is 1. The monoisotopic (exact) mass is 335 g/mol. The van der Waals surface area contributed by atoms with E-state index >= 15 is 0 Å². The van der Waals surface area contributed by atoms with Crippen LogP contribution in [0.1, 0.15) is 30.0 Å². The third-order valence-electron chi connectivity index (χ3n) is 3.22. The molecule has 0 spiro atoms. The minimum atomic E-state index is 0.0311. The molecule has 20 heavy (non-hydrogen) atoms. The molecule has 0 radical (unpaired) electrons. The molecular weight excluding hydrogens is 322 g/mol. The molecule has 0 saturated carbocycles. The summed E-state index contributed by atoms with van der Waals surface area (Å²) in [4.78, 5) is 8.77. The predicted octanol–water partition coefficient (Wildman–Crippen LogP) is 3.27. The summed E-state index contributed by atoms with van der Waals surface area (Å²) in [5.74, 6) is 1.54. The summed E-state index contributed by atoms with van der Waals surface area (Å²) in [5.41, 5.74) is 2.72. The molecular formula is C13H14BrN5O. The summed E-state index contributed by atoms with van der Waals surface area (Å²) in [7, 11) is 0. The maximum atomic E-state index is 5.21. The molecule has 0 amide bonds. The Kier molecular flexibility index (Phi) is 3.21. The Morgan fingerprint density at radius 1 is 1.40 bits per heavy atom. The van der Waals surface area contributed by atoms with Gasteiger partial charge in [0, 0.05) is 24.2 Å². The normalized spacial score (nSPS) is 12.8. The fraction of sp³-hybridized carbons (Fsp3) is 0.308. The van der Waals surface area contributed by atoms with Gasteiger partial charge in [-0.05, 0) is 36.7 Å². The minimum absolute atomic E-state index is 0.0311. The number of imidazole rings is 1. The van der Waals surface area contributed by atoms with E-state index in [0.29, 0.717) is 0 Å². The van der Waals surface area contributed by atoms with Gasteiger partial charge >= 0.3 is 0 Å². The third kappa shape index (κ3) is 2.18. The van der Waals surface area contributed by atoms with Crippen molar-refractivity contribution in [3.63, 3.8) is 0 Å². The van der Waals surface area contributed by atoms with Crippen molar-refractivity contribution >= 4 is 27.4 Å². The van der Waals surface area contributed by atoms with Crippen LogP contribution in [0.15, 0.2) is 27.7 Å². The highest BCUT2D eigenvalue weighted by Crippen LogP contribution is 2.26. The van der Waals surface area contributed by atoms with Crippen molar-refractivity contribution in [3.8, 4) is 0 Å². The fourth-order valence-corrected chi connectivity index (χ4v) is 2.78. The maximum absolute atomic E-state index is 5.21. The van der Waals surface area contributed by atoms with Crippen LogP contribution in [0.2, 0.25) is 0 Å². The number of fused-ring (bicyclic) bond motifs is 1. The molecule has 0 aromatic carbocycles. The lowest BCUT2D eigenvalue weighted by Gasteiger charge is -2.15. The minimum Gasteiger partial charge on any atom is -0.361 e. The molecule has 0 aliphatic heterocycles.